The fraction of sp³-hybridized carbons (Fsp3) is 0.500. The van der Waals surface area contributed by atoms with E-state index in [-0.39, 0.29) is 5.78 Å². The number of Topliss-reactive ketones (excluding diaryl/α,β-unsaturated/α-hetero) is 1. The lowest BCUT2D eigenvalue weighted by Gasteiger charge is -2.08. The molecule has 0 aliphatic heterocycles. The lowest BCUT2D eigenvalue weighted by atomic mass is 9.96. The second kappa shape index (κ2) is 6.70. The van der Waals surface area contributed by atoms with Crippen molar-refractivity contribution in [1.82, 2.24) is 0 Å². The molecule has 1 aromatic rings. The number of carbonyl (C=O) groups excluding carboxylic acids is 1. The number of carbonyl (C=O) groups is 1. The van der Waals surface area contributed by atoms with Crippen LogP contribution in [0.15, 0.2) is 18.2 Å². The van der Waals surface area contributed by atoms with Crippen molar-refractivity contribution in [3.8, 4) is 0 Å². The van der Waals surface area contributed by atoms with Gasteiger partial charge in [0.1, 0.15) is 0 Å². The quantitative estimate of drug-likeness (QED) is 0.541. The minimum Gasteiger partial charge on any atom is -0.294 e. The summed E-state index contributed by atoms with van der Waals surface area (Å²) in [5.41, 5.74) is 3.27. The molecular weight excluding hydrogens is 220 g/mol. The average molecular weight is 239 g/mol. The Morgan fingerprint density at radius 2 is 2.00 bits per heavy atom. The molecule has 0 saturated heterocycles. The van der Waals surface area contributed by atoms with Crippen LogP contribution in [0.4, 0.5) is 0 Å². The summed E-state index contributed by atoms with van der Waals surface area (Å²) >= 11 is 5.61. The second-order valence-corrected chi connectivity index (χ2v) is 4.29. The first kappa shape index (κ1) is 13.2. The van der Waals surface area contributed by atoms with Crippen LogP contribution in [0, 0.1) is 0 Å². The van der Waals surface area contributed by atoms with Gasteiger partial charge in [-0.05, 0) is 36.5 Å². The van der Waals surface area contributed by atoms with Gasteiger partial charge in [0, 0.05) is 17.9 Å². The predicted octanol–water partition coefficient (Wildman–Crippen LogP) is 4.01. The van der Waals surface area contributed by atoms with Crippen molar-refractivity contribution in [2.75, 3.05) is 5.88 Å². The summed E-state index contributed by atoms with van der Waals surface area (Å²) in [6, 6.07) is 6.22. The van der Waals surface area contributed by atoms with Crippen LogP contribution in [-0.2, 0) is 12.8 Å². The monoisotopic (exact) mass is 238 g/mol. The van der Waals surface area contributed by atoms with Crippen LogP contribution >= 0.6 is 11.6 Å². The van der Waals surface area contributed by atoms with Gasteiger partial charge in [0.2, 0.25) is 0 Å². The van der Waals surface area contributed by atoms with Crippen LogP contribution < -0.4 is 0 Å². The van der Waals surface area contributed by atoms with Gasteiger partial charge in [-0.2, -0.15) is 0 Å². The number of aryl methyl sites for hydroxylation is 2. The van der Waals surface area contributed by atoms with Gasteiger partial charge in [-0.1, -0.05) is 26.0 Å². The molecule has 0 spiro atoms. The van der Waals surface area contributed by atoms with Crippen LogP contribution in [0.3, 0.4) is 0 Å². The Labute approximate surface area is 103 Å². The molecule has 0 amide bonds. The van der Waals surface area contributed by atoms with Gasteiger partial charge in [0.05, 0.1) is 0 Å². The van der Waals surface area contributed by atoms with E-state index in [2.05, 4.69) is 26.0 Å². The molecule has 1 aromatic carbocycles. The minimum absolute atomic E-state index is 0.229. The molecular formula is C14H19ClO. The highest BCUT2D eigenvalue weighted by atomic mass is 35.5. The van der Waals surface area contributed by atoms with E-state index >= 15 is 0 Å². The number of halogens is 1. The summed E-state index contributed by atoms with van der Waals surface area (Å²) in [6.45, 7) is 4.19. The number of benzene rings is 1. The number of hydrogen-bond acceptors (Lipinski definition) is 1. The van der Waals surface area contributed by atoms with E-state index in [1.807, 2.05) is 6.07 Å². The Morgan fingerprint density at radius 3 is 2.56 bits per heavy atom. The molecule has 0 fully saturated rings. The van der Waals surface area contributed by atoms with Crippen molar-refractivity contribution in [3.05, 3.63) is 34.9 Å². The Kier molecular flexibility index (Phi) is 5.54. The lowest BCUT2D eigenvalue weighted by Crippen LogP contribution is -2.04. The standard InChI is InChI=1S/C14H19ClO/c1-3-11-7-8-12(4-2)13(10-11)14(16)6-5-9-15/h7-8,10H,3-6,9H2,1-2H3. The van der Waals surface area contributed by atoms with Gasteiger partial charge >= 0.3 is 0 Å². The maximum Gasteiger partial charge on any atom is 0.163 e. The number of rotatable bonds is 6. The van der Waals surface area contributed by atoms with Gasteiger partial charge in [-0.25, -0.2) is 0 Å². The molecule has 2 heteroatoms. The molecule has 88 valence electrons. The molecule has 0 heterocycles. The Balaban J connectivity index is 2.94. The van der Waals surface area contributed by atoms with Crippen LogP contribution in [-0.4, -0.2) is 11.7 Å². The average Bonchev–Trinajstić information content (AvgIpc) is 2.35. The summed E-state index contributed by atoms with van der Waals surface area (Å²) in [7, 11) is 0. The van der Waals surface area contributed by atoms with E-state index in [0.29, 0.717) is 12.3 Å². The topological polar surface area (TPSA) is 17.1 Å². The summed E-state index contributed by atoms with van der Waals surface area (Å²) in [6.07, 6.45) is 3.20. The molecule has 0 unspecified atom stereocenters. The second-order valence-electron chi connectivity index (χ2n) is 3.91. The lowest BCUT2D eigenvalue weighted by molar-refractivity contribution is 0.0981. The zero-order chi connectivity index (χ0) is 12.0. The maximum absolute atomic E-state index is 12.0. The van der Waals surface area contributed by atoms with Crippen LogP contribution in [0.25, 0.3) is 0 Å². The van der Waals surface area contributed by atoms with Gasteiger partial charge < -0.3 is 0 Å². The number of hydrogen-bond donors (Lipinski definition) is 0. The van der Waals surface area contributed by atoms with Crippen LogP contribution in [0.1, 0.15) is 48.2 Å². The third kappa shape index (κ3) is 3.34. The molecule has 16 heavy (non-hydrogen) atoms. The molecule has 1 nitrogen and oxygen atoms in total. The van der Waals surface area contributed by atoms with E-state index in [9.17, 15) is 4.79 Å². The first-order chi connectivity index (χ1) is 7.72. The van der Waals surface area contributed by atoms with Crippen molar-refractivity contribution in [2.45, 2.75) is 39.5 Å². The molecule has 0 atom stereocenters. The fourth-order valence-corrected chi connectivity index (χ4v) is 1.91. The van der Waals surface area contributed by atoms with E-state index in [4.69, 9.17) is 11.6 Å². The molecule has 0 aliphatic rings. The highest BCUT2D eigenvalue weighted by Crippen LogP contribution is 2.16. The Morgan fingerprint density at radius 1 is 1.25 bits per heavy atom. The SMILES string of the molecule is CCc1ccc(CC)c(C(=O)CCCCl)c1. The van der Waals surface area contributed by atoms with Crippen molar-refractivity contribution >= 4 is 17.4 Å². The van der Waals surface area contributed by atoms with Crippen molar-refractivity contribution in [2.24, 2.45) is 0 Å². The molecule has 0 aliphatic carbocycles. The van der Waals surface area contributed by atoms with E-state index < -0.39 is 0 Å². The van der Waals surface area contributed by atoms with E-state index in [1.54, 1.807) is 0 Å². The zero-order valence-electron chi connectivity index (χ0n) is 10.1. The third-order valence-electron chi connectivity index (χ3n) is 2.80. The zero-order valence-corrected chi connectivity index (χ0v) is 10.8. The molecule has 0 saturated carbocycles. The molecule has 1 rings (SSSR count). The van der Waals surface area contributed by atoms with Gasteiger partial charge in [0.15, 0.2) is 5.78 Å². The largest absolute Gasteiger partial charge is 0.294 e. The molecule has 0 aromatic heterocycles. The summed E-state index contributed by atoms with van der Waals surface area (Å²) in [4.78, 5) is 12.0. The summed E-state index contributed by atoms with van der Waals surface area (Å²) in [5.74, 6) is 0.786. The van der Waals surface area contributed by atoms with Crippen molar-refractivity contribution in [3.63, 3.8) is 0 Å². The minimum atomic E-state index is 0.229. The van der Waals surface area contributed by atoms with Crippen LogP contribution in [0.5, 0.6) is 0 Å². The van der Waals surface area contributed by atoms with Gasteiger partial charge in [0.25, 0.3) is 0 Å². The highest BCUT2D eigenvalue weighted by molar-refractivity contribution is 6.18. The smallest absolute Gasteiger partial charge is 0.163 e. The predicted molar refractivity (Wildman–Crippen MR) is 69.5 cm³/mol. The van der Waals surface area contributed by atoms with E-state index in [0.717, 1.165) is 30.4 Å². The molecule has 0 radical (unpaired) electrons. The van der Waals surface area contributed by atoms with Crippen molar-refractivity contribution in [1.29, 1.82) is 0 Å². The van der Waals surface area contributed by atoms with Crippen molar-refractivity contribution < 1.29 is 4.79 Å². The summed E-state index contributed by atoms with van der Waals surface area (Å²) in [5, 5.41) is 0. The summed E-state index contributed by atoms with van der Waals surface area (Å²) < 4.78 is 0. The first-order valence-corrected chi connectivity index (χ1v) is 6.47. The van der Waals surface area contributed by atoms with E-state index in [1.165, 1.54) is 5.56 Å². The maximum atomic E-state index is 12.0. The van der Waals surface area contributed by atoms with Crippen LogP contribution in [0.2, 0.25) is 0 Å². The Hall–Kier alpha value is -0.820. The van der Waals surface area contributed by atoms with Gasteiger partial charge in [-0.3, -0.25) is 4.79 Å². The van der Waals surface area contributed by atoms with Gasteiger partial charge in [-0.15, -0.1) is 11.6 Å². The molecule has 0 bridgehead atoms. The first-order valence-electron chi connectivity index (χ1n) is 5.93. The normalized spacial score (nSPS) is 10.4. The Bertz CT molecular complexity index is 358. The third-order valence-corrected chi connectivity index (χ3v) is 3.07. The molecule has 0 N–H and O–H groups in total. The highest BCUT2D eigenvalue weighted by Gasteiger charge is 2.10. The number of ketones is 1. The fourth-order valence-electron chi connectivity index (χ4n) is 1.77. The number of alkyl halides is 1.